The maximum Gasteiger partial charge on any atom is 0.306 e. The number of allylic oxidation sites excluding steroid dienone is 14. The molecule has 0 aromatic rings. The molecule has 0 aromatic carbocycles. The molecule has 6 nitrogen and oxygen atoms in total. The van der Waals surface area contributed by atoms with Crippen LogP contribution in [-0.2, 0) is 28.6 Å². The molecular formula is C54H90O6. The van der Waals surface area contributed by atoms with Gasteiger partial charge in [0.1, 0.15) is 13.2 Å². The first-order valence-corrected chi connectivity index (χ1v) is 24.7. The molecule has 60 heavy (non-hydrogen) atoms. The van der Waals surface area contributed by atoms with Crippen molar-refractivity contribution in [1.82, 2.24) is 0 Å². The SMILES string of the molecule is CC/C=C/C=C/C=C/C=C/C=C/CCCC(=O)OC(COC(=O)CCCCC/C=C/CCCCCCCC)COC(=O)CCCCCCC/C=C/CCCCCCCCC. The summed E-state index contributed by atoms with van der Waals surface area (Å²) in [7, 11) is 0. The molecular weight excluding hydrogens is 745 g/mol. The molecule has 0 bridgehead atoms. The second-order valence-electron chi connectivity index (χ2n) is 16.1. The Morgan fingerprint density at radius 1 is 0.350 bits per heavy atom. The standard InChI is InChI=1S/C54H90O6/c1-4-7-10-13-16-19-22-25-26-27-30-32-35-38-41-44-47-53(56)59-50-51(60-54(57)48-45-42-39-36-33-29-24-21-18-15-12-9-6-3)49-58-52(55)46-43-40-37-34-31-28-23-20-17-14-11-8-5-2/h9,12,15,18,21,24,26-29,31,33,36,39,51H,4-8,10-11,13-14,16-17,19-20,22-23,25,30,32,34-35,37-38,40-50H2,1-3H3/b12-9+,18-15+,24-21+,27-26+,31-28+,33-29+,39-36+. The summed E-state index contributed by atoms with van der Waals surface area (Å²) >= 11 is 0. The van der Waals surface area contributed by atoms with Crippen molar-refractivity contribution < 1.29 is 28.6 Å². The summed E-state index contributed by atoms with van der Waals surface area (Å²) in [5, 5.41) is 0. The molecule has 342 valence electrons. The number of ether oxygens (including phenoxy) is 3. The van der Waals surface area contributed by atoms with Gasteiger partial charge in [0.05, 0.1) is 0 Å². The zero-order chi connectivity index (χ0) is 43.7. The summed E-state index contributed by atoms with van der Waals surface area (Å²) in [5.74, 6) is -1.02. The Hall–Kier alpha value is -3.41. The third-order valence-electron chi connectivity index (χ3n) is 10.2. The lowest BCUT2D eigenvalue weighted by Gasteiger charge is -2.18. The molecule has 0 saturated carbocycles. The van der Waals surface area contributed by atoms with Crippen molar-refractivity contribution in [1.29, 1.82) is 0 Å². The molecule has 0 saturated heterocycles. The fourth-order valence-electron chi connectivity index (χ4n) is 6.52. The summed E-state index contributed by atoms with van der Waals surface area (Å²) in [5.41, 5.74) is 0. The molecule has 0 fully saturated rings. The average molecular weight is 835 g/mol. The van der Waals surface area contributed by atoms with E-state index in [1.807, 2.05) is 54.7 Å². The van der Waals surface area contributed by atoms with Gasteiger partial charge in [0.25, 0.3) is 0 Å². The van der Waals surface area contributed by atoms with E-state index in [1.54, 1.807) is 0 Å². The van der Waals surface area contributed by atoms with Crippen LogP contribution in [0.4, 0.5) is 0 Å². The molecule has 0 radical (unpaired) electrons. The molecule has 0 aromatic heterocycles. The van der Waals surface area contributed by atoms with Crippen molar-refractivity contribution in [2.75, 3.05) is 13.2 Å². The minimum absolute atomic E-state index is 0.115. The minimum Gasteiger partial charge on any atom is -0.462 e. The van der Waals surface area contributed by atoms with Crippen molar-refractivity contribution >= 4 is 17.9 Å². The molecule has 0 aliphatic heterocycles. The maximum atomic E-state index is 12.7. The van der Waals surface area contributed by atoms with Crippen molar-refractivity contribution in [3.63, 3.8) is 0 Å². The van der Waals surface area contributed by atoms with Crippen molar-refractivity contribution in [2.24, 2.45) is 0 Å². The Morgan fingerprint density at radius 3 is 1.12 bits per heavy atom. The first-order chi connectivity index (χ1) is 29.5. The number of carbonyl (C=O) groups is 3. The number of hydrogen-bond acceptors (Lipinski definition) is 6. The Balaban J connectivity index is 4.51. The zero-order valence-electron chi connectivity index (χ0n) is 38.9. The van der Waals surface area contributed by atoms with Crippen molar-refractivity contribution in [2.45, 2.75) is 226 Å². The van der Waals surface area contributed by atoms with E-state index in [9.17, 15) is 14.4 Å². The lowest BCUT2D eigenvalue weighted by atomic mass is 10.1. The molecule has 1 unspecified atom stereocenters. The lowest BCUT2D eigenvalue weighted by Crippen LogP contribution is -2.30. The van der Waals surface area contributed by atoms with E-state index in [-0.39, 0.29) is 37.5 Å². The fraction of sp³-hybridized carbons (Fsp3) is 0.685. The summed E-state index contributed by atoms with van der Waals surface area (Å²) in [6.07, 6.45) is 61.5. The smallest absolute Gasteiger partial charge is 0.306 e. The largest absolute Gasteiger partial charge is 0.462 e. The lowest BCUT2D eigenvalue weighted by molar-refractivity contribution is -0.167. The molecule has 0 N–H and O–H groups in total. The number of rotatable bonds is 43. The third kappa shape index (κ3) is 45.7. The van der Waals surface area contributed by atoms with E-state index in [0.29, 0.717) is 19.3 Å². The van der Waals surface area contributed by atoms with Crippen molar-refractivity contribution in [3.8, 4) is 0 Å². The van der Waals surface area contributed by atoms with E-state index >= 15 is 0 Å². The van der Waals surface area contributed by atoms with Crippen LogP contribution in [0.3, 0.4) is 0 Å². The molecule has 0 aliphatic rings. The molecule has 0 amide bonds. The molecule has 0 aliphatic carbocycles. The van der Waals surface area contributed by atoms with Gasteiger partial charge < -0.3 is 14.2 Å². The van der Waals surface area contributed by atoms with Crippen LogP contribution in [0.2, 0.25) is 0 Å². The summed E-state index contributed by atoms with van der Waals surface area (Å²) in [6, 6.07) is 0. The Labute approximate surface area is 369 Å². The molecule has 0 rings (SSSR count). The predicted molar refractivity (Wildman–Crippen MR) is 256 cm³/mol. The van der Waals surface area contributed by atoms with Gasteiger partial charge in [0.15, 0.2) is 6.10 Å². The van der Waals surface area contributed by atoms with Crippen molar-refractivity contribution in [3.05, 3.63) is 85.1 Å². The molecule has 1 atom stereocenters. The monoisotopic (exact) mass is 835 g/mol. The van der Waals surface area contributed by atoms with E-state index in [1.165, 1.54) is 96.3 Å². The van der Waals surface area contributed by atoms with Crippen LogP contribution in [0.15, 0.2) is 85.1 Å². The van der Waals surface area contributed by atoms with Gasteiger partial charge in [-0.25, -0.2) is 0 Å². The predicted octanol–water partition coefficient (Wildman–Crippen LogP) is 16.0. The summed E-state index contributed by atoms with van der Waals surface area (Å²) in [6.45, 7) is 6.39. The third-order valence-corrected chi connectivity index (χ3v) is 10.2. The topological polar surface area (TPSA) is 78.9 Å². The van der Waals surface area contributed by atoms with Crippen LogP contribution >= 0.6 is 0 Å². The highest BCUT2D eigenvalue weighted by molar-refractivity contribution is 5.71. The molecule has 6 heteroatoms. The van der Waals surface area contributed by atoms with E-state index in [0.717, 1.165) is 77.0 Å². The highest BCUT2D eigenvalue weighted by Crippen LogP contribution is 2.13. The summed E-state index contributed by atoms with van der Waals surface area (Å²) < 4.78 is 16.7. The molecule has 0 spiro atoms. The average Bonchev–Trinajstić information content (AvgIpc) is 3.24. The molecule has 0 heterocycles. The van der Waals surface area contributed by atoms with Crippen LogP contribution in [-0.4, -0.2) is 37.2 Å². The van der Waals surface area contributed by atoms with Gasteiger partial charge in [-0.1, -0.05) is 202 Å². The number of carbonyl (C=O) groups excluding carboxylic acids is 3. The van der Waals surface area contributed by atoms with Gasteiger partial charge in [0.2, 0.25) is 0 Å². The van der Waals surface area contributed by atoms with Gasteiger partial charge in [0, 0.05) is 19.3 Å². The quantitative estimate of drug-likeness (QED) is 0.0200. The van der Waals surface area contributed by atoms with Crippen LogP contribution in [0, 0.1) is 0 Å². The second-order valence-corrected chi connectivity index (χ2v) is 16.1. The van der Waals surface area contributed by atoms with E-state index in [4.69, 9.17) is 14.2 Å². The van der Waals surface area contributed by atoms with E-state index < -0.39 is 6.10 Å². The fourth-order valence-corrected chi connectivity index (χ4v) is 6.52. The Morgan fingerprint density at radius 2 is 0.683 bits per heavy atom. The first-order valence-electron chi connectivity index (χ1n) is 24.7. The minimum atomic E-state index is -0.821. The Bertz CT molecular complexity index is 1190. The maximum absolute atomic E-state index is 12.7. The zero-order valence-corrected chi connectivity index (χ0v) is 38.9. The van der Waals surface area contributed by atoms with Gasteiger partial charge in [-0.05, 0) is 83.5 Å². The van der Waals surface area contributed by atoms with Gasteiger partial charge >= 0.3 is 17.9 Å². The first kappa shape index (κ1) is 56.6. The van der Waals surface area contributed by atoms with E-state index in [2.05, 4.69) is 51.2 Å². The number of unbranched alkanes of at least 4 members (excludes halogenated alkanes) is 22. The van der Waals surface area contributed by atoms with Gasteiger partial charge in [-0.2, -0.15) is 0 Å². The van der Waals surface area contributed by atoms with Crippen LogP contribution in [0.1, 0.15) is 220 Å². The highest BCUT2D eigenvalue weighted by atomic mass is 16.6. The number of esters is 3. The van der Waals surface area contributed by atoms with Crippen LogP contribution in [0.5, 0.6) is 0 Å². The highest BCUT2D eigenvalue weighted by Gasteiger charge is 2.19. The normalized spacial score (nSPS) is 12.8. The van der Waals surface area contributed by atoms with Gasteiger partial charge in [-0.15, -0.1) is 0 Å². The Kier molecular flexibility index (Phi) is 45.5. The number of hydrogen-bond donors (Lipinski definition) is 0. The van der Waals surface area contributed by atoms with Crippen LogP contribution in [0.25, 0.3) is 0 Å². The van der Waals surface area contributed by atoms with Gasteiger partial charge in [-0.3, -0.25) is 14.4 Å². The summed E-state index contributed by atoms with van der Waals surface area (Å²) in [4.78, 5) is 37.8. The second kappa shape index (κ2) is 48.3. The van der Waals surface area contributed by atoms with Crippen LogP contribution < -0.4 is 0 Å².